The SMILES string of the molecule is CC1CC(N2CCCC2C(=O)O)CC(C)O1. The minimum absolute atomic E-state index is 0.254. The Morgan fingerprint density at radius 2 is 1.94 bits per heavy atom. The van der Waals surface area contributed by atoms with Crippen LogP contribution in [0.2, 0.25) is 0 Å². The van der Waals surface area contributed by atoms with Gasteiger partial charge in [-0.25, -0.2) is 0 Å². The summed E-state index contributed by atoms with van der Waals surface area (Å²) in [7, 11) is 0. The Balaban J connectivity index is 2.02. The molecule has 2 saturated heterocycles. The lowest BCUT2D eigenvalue weighted by molar-refractivity contribution is -0.145. The molecule has 92 valence electrons. The second kappa shape index (κ2) is 4.72. The third kappa shape index (κ3) is 2.38. The van der Waals surface area contributed by atoms with Crippen LogP contribution in [0.4, 0.5) is 0 Å². The van der Waals surface area contributed by atoms with Crippen molar-refractivity contribution in [3.05, 3.63) is 0 Å². The van der Waals surface area contributed by atoms with Gasteiger partial charge in [-0.05, 0) is 46.1 Å². The van der Waals surface area contributed by atoms with Gasteiger partial charge in [-0.3, -0.25) is 9.69 Å². The fraction of sp³-hybridized carbons (Fsp3) is 0.917. The highest BCUT2D eigenvalue weighted by atomic mass is 16.5. The summed E-state index contributed by atoms with van der Waals surface area (Å²) >= 11 is 0. The Labute approximate surface area is 96.6 Å². The van der Waals surface area contributed by atoms with Gasteiger partial charge >= 0.3 is 5.97 Å². The van der Waals surface area contributed by atoms with Crippen LogP contribution in [-0.4, -0.2) is 46.8 Å². The van der Waals surface area contributed by atoms with Crippen molar-refractivity contribution in [3.8, 4) is 0 Å². The van der Waals surface area contributed by atoms with Gasteiger partial charge in [0.2, 0.25) is 0 Å². The predicted molar refractivity (Wildman–Crippen MR) is 60.4 cm³/mol. The summed E-state index contributed by atoms with van der Waals surface area (Å²) in [5.41, 5.74) is 0. The number of carboxylic acids is 1. The molecular formula is C12H21NO3. The Morgan fingerprint density at radius 3 is 2.50 bits per heavy atom. The fourth-order valence-corrected chi connectivity index (χ4v) is 3.13. The zero-order chi connectivity index (χ0) is 11.7. The van der Waals surface area contributed by atoms with Gasteiger partial charge in [0.25, 0.3) is 0 Å². The standard InChI is InChI=1S/C12H21NO3/c1-8-6-10(7-9(2)16-8)13-5-3-4-11(13)12(14)15/h8-11H,3-7H2,1-2H3,(H,14,15). The lowest BCUT2D eigenvalue weighted by atomic mass is 9.97. The van der Waals surface area contributed by atoms with Crippen LogP contribution in [0.1, 0.15) is 39.5 Å². The van der Waals surface area contributed by atoms with E-state index in [1.807, 2.05) is 0 Å². The van der Waals surface area contributed by atoms with Crippen molar-refractivity contribution in [1.29, 1.82) is 0 Å². The van der Waals surface area contributed by atoms with Gasteiger partial charge in [0.05, 0.1) is 12.2 Å². The number of likely N-dealkylation sites (tertiary alicyclic amines) is 1. The summed E-state index contributed by atoms with van der Waals surface area (Å²) in [5, 5.41) is 9.17. The van der Waals surface area contributed by atoms with Gasteiger partial charge in [0, 0.05) is 6.04 Å². The average Bonchev–Trinajstić information content (AvgIpc) is 2.63. The third-order valence-corrected chi connectivity index (χ3v) is 3.72. The van der Waals surface area contributed by atoms with Crippen LogP contribution in [0.15, 0.2) is 0 Å². The normalized spacial score (nSPS) is 41.1. The molecule has 0 saturated carbocycles. The van der Waals surface area contributed by atoms with Crippen LogP contribution in [0.5, 0.6) is 0 Å². The van der Waals surface area contributed by atoms with E-state index in [4.69, 9.17) is 4.74 Å². The molecule has 0 bridgehead atoms. The summed E-state index contributed by atoms with van der Waals surface area (Å²) < 4.78 is 5.70. The highest BCUT2D eigenvalue weighted by molar-refractivity contribution is 5.73. The molecule has 2 fully saturated rings. The molecule has 0 aromatic carbocycles. The molecule has 16 heavy (non-hydrogen) atoms. The molecule has 0 amide bonds. The number of rotatable bonds is 2. The maximum atomic E-state index is 11.1. The van der Waals surface area contributed by atoms with Crippen LogP contribution in [0.25, 0.3) is 0 Å². The Kier molecular flexibility index (Phi) is 3.50. The molecule has 4 heteroatoms. The number of carboxylic acid groups (broad SMARTS) is 1. The second-order valence-corrected chi connectivity index (χ2v) is 5.12. The number of hydrogen-bond donors (Lipinski definition) is 1. The van der Waals surface area contributed by atoms with Gasteiger partial charge in [-0.2, -0.15) is 0 Å². The molecule has 2 rings (SSSR count). The molecule has 2 heterocycles. The van der Waals surface area contributed by atoms with Crippen LogP contribution < -0.4 is 0 Å². The highest BCUT2D eigenvalue weighted by Crippen LogP contribution is 2.29. The van der Waals surface area contributed by atoms with E-state index >= 15 is 0 Å². The predicted octanol–water partition coefficient (Wildman–Crippen LogP) is 1.49. The van der Waals surface area contributed by atoms with E-state index in [0.717, 1.165) is 32.2 Å². The van der Waals surface area contributed by atoms with Gasteiger partial charge in [-0.15, -0.1) is 0 Å². The molecule has 1 N–H and O–H groups in total. The third-order valence-electron chi connectivity index (χ3n) is 3.72. The first kappa shape index (κ1) is 11.9. The Bertz CT molecular complexity index is 259. The monoisotopic (exact) mass is 227 g/mol. The van der Waals surface area contributed by atoms with Crippen molar-refractivity contribution in [3.63, 3.8) is 0 Å². The summed E-state index contributed by atoms with van der Waals surface area (Å²) in [5.74, 6) is -0.663. The number of nitrogens with zero attached hydrogens (tertiary/aromatic N) is 1. The lowest BCUT2D eigenvalue weighted by Gasteiger charge is -2.39. The highest BCUT2D eigenvalue weighted by Gasteiger charge is 2.38. The minimum atomic E-state index is -0.663. The van der Waals surface area contributed by atoms with Gasteiger partial charge in [-0.1, -0.05) is 0 Å². The summed E-state index contributed by atoms with van der Waals surface area (Å²) in [6, 6.07) is 0.129. The average molecular weight is 227 g/mol. The molecule has 4 nitrogen and oxygen atoms in total. The first-order valence-corrected chi connectivity index (χ1v) is 6.22. The van der Waals surface area contributed by atoms with E-state index in [-0.39, 0.29) is 18.2 Å². The zero-order valence-electron chi connectivity index (χ0n) is 10.1. The first-order chi connectivity index (χ1) is 7.58. The zero-order valence-corrected chi connectivity index (χ0v) is 10.1. The van der Waals surface area contributed by atoms with E-state index < -0.39 is 5.97 Å². The number of ether oxygens (including phenoxy) is 1. The number of hydrogen-bond acceptors (Lipinski definition) is 3. The summed E-state index contributed by atoms with van der Waals surface area (Å²) in [6.07, 6.45) is 4.25. The smallest absolute Gasteiger partial charge is 0.320 e. The van der Waals surface area contributed by atoms with E-state index in [2.05, 4.69) is 18.7 Å². The molecule has 2 aliphatic heterocycles. The molecule has 2 aliphatic rings. The molecular weight excluding hydrogens is 206 g/mol. The fourth-order valence-electron chi connectivity index (χ4n) is 3.13. The maximum Gasteiger partial charge on any atom is 0.320 e. The van der Waals surface area contributed by atoms with Crippen LogP contribution >= 0.6 is 0 Å². The molecule has 0 radical (unpaired) electrons. The van der Waals surface area contributed by atoms with Crippen LogP contribution in [0.3, 0.4) is 0 Å². The molecule has 0 aromatic heterocycles. The van der Waals surface area contributed by atoms with E-state index in [1.165, 1.54) is 0 Å². The van der Waals surface area contributed by atoms with E-state index in [0.29, 0.717) is 6.04 Å². The van der Waals surface area contributed by atoms with Crippen LogP contribution in [0, 0.1) is 0 Å². The first-order valence-electron chi connectivity index (χ1n) is 6.22. The van der Waals surface area contributed by atoms with Gasteiger partial charge in [0.1, 0.15) is 6.04 Å². The largest absolute Gasteiger partial charge is 0.480 e. The molecule has 3 atom stereocenters. The number of carbonyl (C=O) groups is 1. The van der Waals surface area contributed by atoms with Crippen molar-refractivity contribution < 1.29 is 14.6 Å². The van der Waals surface area contributed by atoms with Crippen LogP contribution in [-0.2, 0) is 9.53 Å². The molecule has 0 aliphatic carbocycles. The summed E-state index contributed by atoms with van der Waals surface area (Å²) in [6.45, 7) is 5.09. The second-order valence-electron chi connectivity index (χ2n) is 5.12. The van der Waals surface area contributed by atoms with Crippen molar-refractivity contribution in [2.24, 2.45) is 0 Å². The Hall–Kier alpha value is -0.610. The quantitative estimate of drug-likeness (QED) is 0.776. The lowest BCUT2D eigenvalue weighted by Crippen LogP contribution is -2.48. The minimum Gasteiger partial charge on any atom is -0.480 e. The molecule has 0 spiro atoms. The van der Waals surface area contributed by atoms with E-state index in [1.54, 1.807) is 0 Å². The summed E-state index contributed by atoms with van der Waals surface area (Å²) in [4.78, 5) is 13.3. The van der Waals surface area contributed by atoms with Gasteiger partial charge in [0.15, 0.2) is 0 Å². The van der Waals surface area contributed by atoms with E-state index in [9.17, 15) is 9.90 Å². The van der Waals surface area contributed by atoms with Crippen molar-refractivity contribution in [1.82, 2.24) is 4.90 Å². The molecule has 3 unspecified atom stereocenters. The van der Waals surface area contributed by atoms with Crippen molar-refractivity contribution in [2.75, 3.05) is 6.54 Å². The van der Waals surface area contributed by atoms with Crippen molar-refractivity contribution in [2.45, 2.75) is 63.8 Å². The van der Waals surface area contributed by atoms with Crippen molar-refractivity contribution >= 4 is 5.97 Å². The Morgan fingerprint density at radius 1 is 1.31 bits per heavy atom. The molecule has 0 aromatic rings. The van der Waals surface area contributed by atoms with Gasteiger partial charge < -0.3 is 9.84 Å². The maximum absolute atomic E-state index is 11.1. The number of aliphatic carboxylic acids is 1. The topological polar surface area (TPSA) is 49.8 Å².